The molecule has 1 atom stereocenters. The van der Waals surface area contributed by atoms with E-state index in [1.807, 2.05) is 35.2 Å². The van der Waals surface area contributed by atoms with Crippen LogP contribution in [0.2, 0.25) is 0 Å². The fraction of sp³-hybridized carbons (Fsp3) is 0.600. The van der Waals surface area contributed by atoms with Crippen LogP contribution in [-0.2, 0) is 6.42 Å². The van der Waals surface area contributed by atoms with Gasteiger partial charge in [0.2, 0.25) is 0 Å². The van der Waals surface area contributed by atoms with E-state index in [-0.39, 0.29) is 32.0 Å². The number of piperidine rings is 1. The van der Waals surface area contributed by atoms with Crippen LogP contribution < -0.4 is 5.73 Å². The molecule has 3 N–H and O–H groups in total. The highest BCUT2D eigenvalue weighted by atomic mass is 19.4. The molecule has 1 heterocycles. The Morgan fingerprint density at radius 2 is 1.76 bits per heavy atom. The van der Waals surface area contributed by atoms with Gasteiger partial charge in [0.15, 0.2) is 5.60 Å². The van der Waals surface area contributed by atoms with Crippen LogP contribution in [0.4, 0.5) is 13.2 Å². The van der Waals surface area contributed by atoms with Gasteiger partial charge in [0.25, 0.3) is 0 Å². The predicted molar refractivity (Wildman–Crippen MR) is 74.8 cm³/mol. The number of nitrogens with two attached hydrogens (primary N) is 1. The van der Waals surface area contributed by atoms with Gasteiger partial charge in [-0.25, -0.2) is 0 Å². The summed E-state index contributed by atoms with van der Waals surface area (Å²) in [5.74, 6) is 0. The van der Waals surface area contributed by atoms with E-state index in [0.717, 1.165) is 5.56 Å². The number of hydrogen-bond donors (Lipinski definition) is 2. The highest BCUT2D eigenvalue weighted by Crippen LogP contribution is 2.38. The lowest BCUT2D eigenvalue weighted by Gasteiger charge is -2.42. The van der Waals surface area contributed by atoms with Gasteiger partial charge in [-0.15, -0.1) is 0 Å². The molecule has 1 aromatic carbocycles. The minimum atomic E-state index is -4.56. The summed E-state index contributed by atoms with van der Waals surface area (Å²) in [7, 11) is 0. The van der Waals surface area contributed by atoms with Crippen LogP contribution in [0.5, 0.6) is 0 Å². The number of aliphatic hydroxyl groups is 1. The predicted octanol–water partition coefficient (Wildman–Crippen LogP) is 1.95. The average Bonchev–Trinajstić information content (AvgIpc) is 2.46. The standard InChI is InChI=1S/C15H21F3N2O/c16-15(17,18)14(21)6-8-20(9-7-14)13(11-19)10-12-4-2-1-3-5-12/h1-5,13,21H,6-11,19H2. The maximum atomic E-state index is 12.8. The third kappa shape index (κ3) is 3.75. The number of rotatable bonds is 4. The normalized spacial score (nSPS) is 21.2. The molecule has 6 heteroatoms. The quantitative estimate of drug-likeness (QED) is 0.894. The molecule has 118 valence electrons. The molecule has 3 nitrogen and oxygen atoms in total. The molecule has 1 unspecified atom stereocenters. The molecule has 2 rings (SSSR count). The molecule has 1 aliphatic rings. The van der Waals surface area contributed by atoms with Crippen molar-refractivity contribution in [3.8, 4) is 0 Å². The number of likely N-dealkylation sites (tertiary alicyclic amines) is 1. The van der Waals surface area contributed by atoms with Crippen molar-refractivity contribution in [2.75, 3.05) is 19.6 Å². The van der Waals surface area contributed by atoms with Crippen LogP contribution in [0.1, 0.15) is 18.4 Å². The first-order chi connectivity index (χ1) is 9.86. The molecule has 0 aliphatic carbocycles. The topological polar surface area (TPSA) is 49.5 Å². The Labute approximate surface area is 122 Å². The van der Waals surface area contributed by atoms with Crippen molar-refractivity contribution in [1.29, 1.82) is 0 Å². The first-order valence-electron chi connectivity index (χ1n) is 7.13. The number of nitrogens with zero attached hydrogens (tertiary/aromatic N) is 1. The summed E-state index contributed by atoms with van der Waals surface area (Å²) in [5.41, 5.74) is 4.35. The van der Waals surface area contributed by atoms with Crippen LogP contribution in [0.3, 0.4) is 0 Å². The van der Waals surface area contributed by atoms with Gasteiger partial charge >= 0.3 is 6.18 Å². The second-order valence-corrected chi connectivity index (χ2v) is 5.64. The molecule has 0 radical (unpaired) electrons. The Kier molecular flexibility index (Phi) is 4.91. The first kappa shape index (κ1) is 16.3. The Morgan fingerprint density at radius 3 is 2.24 bits per heavy atom. The van der Waals surface area contributed by atoms with Crippen LogP contribution in [0.25, 0.3) is 0 Å². The fourth-order valence-corrected chi connectivity index (χ4v) is 2.79. The van der Waals surface area contributed by atoms with E-state index in [9.17, 15) is 18.3 Å². The molecule has 0 spiro atoms. The van der Waals surface area contributed by atoms with Crippen molar-refractivity contribution in [3.63, 3.8) is 0 Å². The monoisotopic (exact) mass is 302 g/mol. The van der Waals surface area contributed by atoms with Crippen molar-refractivity contribution in [1.82, 2.24) is 4.90 Å². The lowest BCUT2D eigenvalue weighted by atomic mass is 9.89. The summed E-state index contributed by atoms with van der Waals surface area (Å²) in [6.45, 7) is 0.814. The Balaban J connectivity index is 1.97. The molecule has 1 fully saturated rings. The molecular formula is C15H21F3N2O. The summed E-state index contributed by atoms with van der Waals surface area (Å²) in [5, 5.41) is 9.69. The number of alkyl halides is 3. The van der Waals surface area contributed by atoms with Crippen molar-refractivity contribution < 1.29 is 18.3 Å². The molecule has 1 saturated heterocycles. The minimum absolute atomic E-state index is 0.00480. The first-order valence-corrected chi connectivity index (χ1v) is 7.13. The third-order valence-corrected chi connectivity index (χ3v) is 4.26. The summed E-state index contributed by atoms with van der Waals surface area (Å²) in [6.07, 6.45) is -4.43. The molecular weight excluding hydrogens is 281 g/mol. The maximum Gasteiger partial charge on any atom is 0.417 e. The van der Waals surface area contributed by atoms with E-state index >= 15 is 0 Å². The fourth-order valence-electron chi connectivity index (χ4n) is 2.79. The second-order valence-electron chi connectivity index (χ2n) is 5.64. The number of hydrogen-bond acceptors (Lipinski definition) is 3. The van der Waals surface area contributed by atoms with Crippen LogP contribution in [0.15, 0.2) is 30.3 Å². The van der Waals surface area contributed by atoms with Gasteiger partial charge in [-0.2, -0.15) is 13.2 Å². The van der Waals surface area contributed by atoms with Gasteiger partial charge in [-0.1, -0.05) is 30.3 Å². The van der Waals surface area contributed by atoms with Crippen LogP contribution >= 0.6 is 0 Å². The van der Waals surface area contributed by atoms with Crippen molar-refractivity contribution in [3.05, 3.63) is 35.9 Å². The number of halogens is 3. The molecule has 0 bridgehead atoms. The molecule has 0 amide bonds. The number of benzene rings is 1. The van der Waals surface area contributed by atoms with Crippen LogP contribution in [0, 0.1) is 0 Å². The zero-order valence-electron chi connectivity index (χ0n) is 11.8. The highest BCUT2D eigenvalue weighted by molar-refractivity contribution is 5.16. The van der Waals surface area contributed by atoms with Gasteiger partial charge in [-0.3, -0.25) is 4.90 Å². The Morgan fingerprint density at radius 1 is 1.19 bits per heavy atom. The summed E-state index contributed by atoms with van der Waals surface area (Å²) < 4.78 is 38.4. The zero-order chi connectivity index (χ0) is 15.5. The SMILES string of the molecule is NCC(Cc1ccccc1)N1CCC(O)(C(F)(F)F)CC1. The van der Waals surface area contributed by atoms with Gasteiger partial charge in [0.1, 0.15) is 0 Å². The second kappa shape index (κ2) is 6.34. The molecule has 21 heavy (non-hydrogen) atoms. The lowest BCUT2D eigenvalue weighted by Crippen LogP contribution is -2.56. The molecule has 1 aromatic rings. The smallest absolute Gasteiger partial charge is 0.380 e. The van der Waals surface area contributed by atoms with Crippen molar-refractivity contribution in [2.45, 2.75) is 37.1 Å². The van der Waals surface area contributed by atoms with Gasteiger partial charge < -0.3 is 10.8 Å². The van der Waals surface area contributed by atoms with Crippen LogP contribution in [-0.4, -0.2) is 47.5 Å². The summed E-state index contributed by atoms with van der Waals surface area (Å²) in [6, 6.07) is 9.76. The minimum Gasteiger partial charge on any atom is -0.380 e. The van der Waals surface area contributed by atoms with E-state index in [1.165, 1.54) is 0 Å². The summed E-state index contributed by atoms with van der Waals surface area (Å²) in [4.78, 5) is 1.95. The zero-order valence-corrected chi connectivity index (χ0v) is 11.8. The van der Waals surface area contributed by atoms with E-state index < -0.39 is 11.8 Å². The van der Waals surface area contributed by atoms with E-state index in [1.54, 1.807) is 0 Å². The third-order valence-electron chi connectivity index (χ3n) is 4.26. The van der Waals surface area contributed by atoms with Crippen molar-refractivity contribution >= 4 is 0 Å². The Hall–Kier alpha value is -1.11. The van der Waals surface area contributed by atoms with E-state index in [2.05, 4.69) is 0 Å². The Bertz CT molecular complexity index is 442. The van der Waals surface area contributed by atoms with Gasteiger partial charge in [0, 0.05) is 25.7 Å². The summed E-state index contributed by atoms with van der Waals surface area (Å²) >= 11 is 0. The molecule has 0 saturated carbocycles. The van der Waals surface area contributed by atoms with E-state index in [4.69, 9.17) is 5.73 Å². The van der Waals surface area contributed by atoms with Gasteiger partial charge in [0.05, 0.1) is 0 Å². The van der Waals surface area contributed by atoms with E-state index in [0.29, 0.717) is 13.0 Å². The maximum absolute atomic E-state index is 12.8. The average molecular weight is 302 g/mol. The van der Waals surface area contributed by atoms with Gasteiger partial charge in [-0.05, 0) is 24.8 Å². The molecule has 0 aromatic heterocycles. The largest absolute Gasteiger partial charge is 0.417 e. The lowest BCUT2D eigenvalue weighted by molar-refractivity contribution is -0.273. The molecule has 1 aliphatic heterocycles. The van der Waals surface area contributed by atoms with Crippen molar-refractivity contribution in [2.24, 2.45) is 5.73 Å². The highest BCUT2D eigenvalue weighted by Gasteiger charge is 2.54.